The van der Waals surface area contributed by atoms with Gasteiger partial charge >= 0.3 is 0 Å². The van der Waals surface area contributed by atoms with E-state index in [9.17, 15) is 4.39 Å². The van der Waals surface area contributed by atoms with Gasteiger partial charge in [0.1, 0.15) is 23.2 Å². The molecule has 0 fully saturated rings. The number of anilines is 2. The molecular formula is C17H15ClFN3O. The van der Waals surface area contributed by atoms with Crippen molar-refractivity contribution < 1.29 is 9.13 Å². The van der Waals surface area contributed by atoms with E-state index in [2.05, 4.69) is 15.3 Å². The Labute approximate surface area is 138 Å². The van der Waals surface area contributed by atoms with E-state index in [1.54, 1.807) is 12.1 Å². The van der Waals surface area contributed by atoms with Crippen molar-refractivity contribution in [1.82, 2.24) is 9.97 Å². The van der Waals surface area contributed by atoms with Crippen LogP contribution in [0, 0.1) is 5.82 Å². The van der Waals surface area contributed by atoms with Crippen LogP contribution in [0.4, 0.5) is 15.9 Å². The van der Waals surface area contributed by atoms with Crippen LogP contribution < -0.4 is 10.1 Å². The molecule has 1 aromatic heterocycles. The maximum atomic E-state index is 14.2. The topological polar surface area (TPSA) is 47.0 Å². The molecular weight excluding hydrogens is 317 g/mol. The number of ether oxygens (including phenoxy) is 1. The van der Waals surface area contributed by atoms with Crippen molar-refractivity contribution in [3.63, 3.8) is 0 Å². The van der Waals surface area contributed by atoms with Crippen LogP contribution in [0.15, 0.2) is 42.5 Å². The van der Waals surface area contributed by atoms with Crippen LogP contribution in [0.3, 0.4) is 0 Å². The van der Waals surface area contributed by atoms with Crippen LogP contribution in [0.5, 0.6) is 5.75 Å². The number of hydrogen-bond acceptors (Lipinski definition) is 4. The van der Waals surface area contributed by atoms with Crippen molar-refractivity contribution in [1.29, 1.82) is 0 Å². The van der Waals surface area contributed by atoms with Crippen molar-refractivity contribution in [2.75, 3.05) is 11.9 Å². The first-order valence-electron chi connectivity index (χ1n) is 7.22. The van der Waals surface area contributed by atoms with Crippen molar-refractivity contribution in [3.05, 3.63) is 54.1 Å². The molecule has 3 aromatic rings. The Morgan fingerprint density at radius 3 is 2.74 bits per heavy atom. The molecule has 0 spiro atoms. The molecule has 0 bridgehead atoms. The van der Waals surface area contributed by atoms with Gasteiger partial charge in [0, 0.05) is 11.5 Å². The van der Waals surface area contributed by atoms with Crippen LogP contribution in [0.1, 0.15) is 12.7 Å². The van der Waals surface area contributed by atoms with Gasteiger partial charge in [0.25, 0.3) is 0 Å². The highest BCUT2D eigenvalue weighted by atomic mass is 35.5. The summed E-state index contributed by atoms with van der Waals surface area (Å²) >= 11 is 5.85. The number of benzene rings is 2. The largest absolute Gasteiger partial charge is 0.494 e. The van der Waals surface area contributed by atoms with Gasteiger partial charge in [-0.2, -0.15) is 0 Å². The van der Waals surface area contributed by atoms with Gasteiger partial charge < -0.3 is 10.1 Å². The maximum Gasteiger partial charge on any atom is 0.150 e. The van der Waals surface area contributed by atoms with Gasteiger partial charge in [-0.05, 0) is 31.2 Å². The van der Waals surface area contributed by atoms with Gasteiger partial charge in [0.2, 0.25) is 0 Å². The van der Waals surface area contributed by atoms with E-state index >= 15 is 0 Å². The Balaban J connectivity index is 2.01. The fraction of sp³-hybridized carbons (Fsp3) is 0.176. The van der Waals surface area contributed by atoms with E-state index in [1.807, 2.05) is 31.2 Å². The maximum absolute atomic E-state index is 14.2. The third kappa shape index (κ3) is 3.35. The molecule has 0 saturated heterocycles. The van der Waals surface area contributed by atoms with Crippen molar-refractivity contribution in [2.45, 2.75) is 12.8 Å². The molecule has 0 unspecified atom stereocenters. The first-order chi connectivity index (χ1) is 11.2. The SMILES string of the molecule is CCOc1ccc(Nc2nc(CCl)nc3ccccc23)c(F)c1. The number of rotatable bonds is 5. The highest BCUT2D eigenvalue weighted by Gasteiger charge is 2.10. The molecule has 0 atom stereocenters. The lowest BCUT2D eigenvalue weighted by Gasteiger charge is -2.12. The lowest BCUT2D eigenvalue weighted by Crippen LogP contribution is -2.02. The first kappa shape index (κ1) is 15.5. The number of nitrogens with one attached hydrogen (secondary N) is 1. The Kier molecular flexibility index (Phi) is 4.57. The molecule has 0 radical (unpaired) electrons. The van der Waals surface area contributed by atoms with Crippen LogP contribution in [0.25, 0.3) is 10.9 Å². The van der Waals surface area contributed by atoms with Crippen LogP contribution in [-0.4, -0.2) is 16.6 Å². The molecule has 1 N–H and O–H groups in total. The molecule has 3 rings (SSSR count). The number of fused-ring (bicyclic) bond motifs is 1. The summed E-state index contributed by atoms with van der Waals surface area (Å²) in [6.45, 7) is 2.34. The zero-order valence-electron chi connectivity index (χ0n) is 12.5. The van der Waals surface area contributed by atoms with Crippen molar-refractivity contribution >= 4 is 34.0 Å². The summed E-state index contributed by atoms with van der Waals surface area (Å²) in [5.41, 5.74) is 1.07. The second-order valence-corrected chi connectivity index (χ2v) is 5.11. The number of para-hydroxylation sites is 1. The third-order valence-electron chi connectivity index (χ3n) is 3.27. The monoisotopic (exact) mass is 331 g/mol. The van der Waals surface area contributed by atoms with Crippen molar-refractivity contribution in [3.8, 4) is 5.75 Å². The summed E-state index contributed by atoms with van der Waals surface area (Å²) in [7, 11) is 0. The third-order valence-corrected chi connectivity index (χ3v) is 3.51. The lowest BCUT2D eigenvalue weighted by molar-refractivity contribution is 0.338. The van der Waals surface area contributed by atoms with Gasteiger partial charge in [-0.25, -0.2) is 14.4 Å². The summed E-state index contributed by atoms with van der Waals surface area (Å²) in [5.74, 6) is 1.27. The second kappa shape index (κ2) is 6.79. The molecule has 6 heteroatoms. The van der Waals surface area contributed by atoms with Crippen LogP contribution in [0.2, 0.25) is 0 Å². The fourth-order valence-corrected chi connectivity index (χ4v) is 2.38. The average molecular weight is 332 g/mol. The van der Waals surface area contributed by atoms with Gasteiger partial charge in [0.15, 0.2) is 0 Å². The molecule has 0 aliphatic heterocycles. The van der Waals surface area contributed by atoms with E-state index in [4.69, 9.17) is 16.3 Å². The minimum absolute atomic E-state index is 0.186. The number of hydrogen-bond donors (Lipinski definition) is 1. The molecule has 0 aliphatic carbocycles. The second-order valence-electron chi connectivity index (χ2n) is 4.84. The van der Waals surface area contributed by atoms with Gasteiger partial charge in [-0.15, -0.1) is 11.6 Å². The molecule has 118 valence electrons. The molecule has 0 amide bonds. The van der Waals surface area contributed by atoms with Gasteiger partial charge in [-0.1, -0.05) is 12.1 Å². The molecule has 4 nitrogen and oxygen atoms in total. The predicted octanol–water partition coefficient (Wildman–Crippen LogP) is 4.65. The van der Waals surface area contributed by atoms with E-state index in [0.717, 1.165) is 10.9 Å². The summed E-state index contributed by atoms with van der Waals surface area (Å²) < 4.78 is 19.5. The zero-order valence-corrected chi connectivity index (χ0v) is 13.3. The Bertz CT molecular complexity index is 841. The van der Waals surface area contributed by atoms with Gasteiger partial charge in [-0.3, -0.25) is 0 Å². The summed E-state index contributed by atoms with van der Waals surface area (Å²) in [6.07, 6.45) is 0. The molecule has 23 heavy (non-hydrogen) atoms. The molecule has 0 aliphatic rings. The standard InChI is InChI=1S/C17H15ClFN3O/c1-2-23-11-7-8-15(13(19)9-11)21-17-12-5-3-4-6-14(12)20-16(10-18)22-17/h3-9H,2,10H2,1H3,(H,20,21,22). The lowest BCUT2D eigenvalue weighted by atomic mass is 10.2. The molecule has 0 saturated carbocycles. The quantitative estimate of drug-likeness (QED) is 0.691. The highest BCUT2D eigenvalue weighted by molar-refractivity contribution is 6.16. The normalized spacial score (nSPS) is 10.7. The summed E-state index contributed by atoms with van der Waals surface area (Å²) in [6, 6.07) is 12.2. The van der Waals surface area contributed by atoms with Gasteiger partial charge in [0.05, 0.1) is 23.7 Å². The Hall–Kier alpha value is -2.40. The zero-order chi connectivity index (χ0) is 16.2. The fourth-order valence-electron chi connectivity index (χ4n) is 2.26. The molecule has 2 aromatic carbocycles. The smallest absolute Gasteiger partial charge is 0.150 e. The van der Waals surface area contributed by atoms with E-state index in [0.29, 0.717) is 29.7 Å². The van der Waals surface area contributed by atoms with Crippen LogP contribution in [-0.2, 0) is 5.88 Å². The minimum atomic E-state index is -0.411. The Morgan fingerprint density at radius 2 is 2.00 bits per heavy atom. The van der Waals surface area contributed by atoms with E-state index < -0.39 is 5.82 Å². The minimum Gasteiger partial charge on any atom is -0.494 e. The van der Waals surface area contributed by atoms with E-state index in [1.165, 1.54) is 6.07 Å². The van der Waals surface area contributed by atoms with E-state index in [-0.39, 0.29) is 5.88 Å². The number of aromatic nitrogens is 2. The van der Waals surface area contributed by atoms with Crippen LogP contribution >= 0.6 is 11.6 Å². The van der Waals surface area contributed by atoms with Crippen molar-refractivity contribution in [2.24, 2.45) is 0 Å². The molecule has 1 heterocycles. The highest BCUT2D eigenvalue weighted by Crippen LogP contribution is 2.27. The summed E-state index contributed by atoms with van der Waals surface area (Å²) in [5, 5.41) is 3.82. The summed E-state index contributed by atoms with van der Waals surface area (Å²) in [4.78, 5) is 8.72. The Morgan fingerprint density at radius 1 is 1.17 bits per heavy atom. The number of alkyl halides is 1. The predicted molar refractivity (Wildman–Crippen MR) is 89.9 cm³/mol. The first-order valence-corrected chi connectivity index (χ1v) is 7.75. The average Bonchev–Trinajstić information content (AvgIpc) is 2.57. The number of nitrogens with zero attached hydrogens (tertiary/aromatic N) is 2. The number of halogens is 2.